The Kier molecular flexibility index (Phi) is 5.69. The molecule has 0 aromatic carbocycles. The third-order valence-electron chi connectivity index (χ3n) is 3.04. The van der Waals surface area contributed by atoms with Crippen LogP contribution in [0.3, 0.4) is 0 Å². The smallest absolute Gasteiger partial charge is 0.321 e. The Hall–Kier alpha value is -1.89. The summed E-state index contributed by atoms with van der Waals surface area (Å²) in [7, 11) is 1.77. The molecular weight excluding hydrogens is 262 g/mol. The molecule has 112 valence electrons. The van der Waals surface area contributed by atoms with E-state index >= 15 is 0 Å². The summed E-state index contributed by atoms with van der Waals surface area (Å²) in [6, 6.07) is -1.82. The van der Waals surface area contributed by atoms with Gasteiger partial charge in [-0.1, -0.05) is 13.8 Å². The second-order valence-corrected chi connectivity index (χ2v) is 5.28. The van der Waals surface area contributed by atoms with Crippen LogP contribution in [0, 0.1) is 5.92 Å². The molecule has 3 N–H and O–H groups in total. The minimum atomic E-state index is -1.07. The van der Waals surface area contributed by atoms with Crippen molar-refractivity contribution >= 4 is 11.9 Å². The van der Waals surface area contributed by atoms with E-state index in [4.69, 9.17) is 5.11 Å². The fraction of sp³-hybridized carbons (Fsp3) is 0.615. The summed E-state index contributed by atoms with van der Waals surface area (Å²) in [4.78, 5) is 26.4. The maximum absolute atomic E-state index is 11.3. The Labute approximate surface area is 117 Å². The monoisotopic (exact) mass is 283 g/mol. The topological polar surface area (TPSA) is 104 Å². The molecule has 0 aliphatic carbocycles. The Morgan fingerprint density at radius 3 is 2.30 bits per heavy atom. The molecule has 7 heteroatoms. The molecule has 0 saturated carbocycles. The van der Waals surface area contributed by atoms with Crippen LogP contribution in [0.2, 0.25) is 0 Å². The van der Waals surface area contributed by atoms with Crippen molar-refractivity contribution in [3.8, 4) is 0 Å². The number of nitrogens with zero attached hydrogens (tertiary/aromatic N) is 2. The van der Waals surface area contributed by atoms with Gasteiger partial charge in [-0.05, 0) is 12.3 Å². The molecule has 20 heavy (non-hydrogen) atoms. The zero-order chi connectivity index (χ0) is 15.3. The van der Waals surface area contributed by atoms with Gasteiger partial charge < -0.3 is 14.8 Å². The fourth-order valence-electron chi connectivity index (χ4n) is 1.96. The predicted octanol–water partition coefficient (Wildman–Crippen LogP) is 0.505. The maximum atomic E-state index is 11.3. The van der Waals surface area contributed by atoms with Crippen LogP contribution in [0.25, 0.3) is 0 Å². The van der Waals surface area contributed by atoms with E-state index < -0.39 is 24.0 Å². The molecule has 0 fully saturated rings. The summed E-state index contributed by atoms with van der Waals surface area (Å²) in [6.07, 6.45) is 3.73. The van der Waals surface area contributed by atoms with Crippen LogP contribution in [-0.4, -0.2) is 43.8 Å². The van der Waals surface area contributed by atoms with Crippen molar-refractivity contribution < 1.29 is 19.8 Å². The van der Waals surface area contributed by atoms with Gasteiger partial charge in [-0.2, -0.15) is 0 Å². The molecule has 0 aliphatic rings. The highest BCUT2D eigenvalue weighted by Crippen LogP contribution is 2.08. The molecule has 1 aromatic heterocycles. The van der Waals surface area contributed by atoms with Gasteiger partial charge in [-0.25, -0.2) is 4.98 Å². The first-order valence-corrected chi connectivity index (χ1v) is 6.48. The molecule has 1 rings (SSSR count). The lowest BCUT2D eigenvalue weighted by atomic mass is 10.0. The van der Waals surface area contributed by atoms with Crippen LogP contribution in [0.15, 0.2) is 12.5 Å². The summed E-state index contributed by atoms with van der Waals surface area (Å²) >= 11 is 0. The van der Waals surface area contributed by atoms with Gasteiger partial charge in [0, 0.05) is 25.4 Å². The summed E-state index contributed by atoms with van der Waals surface area (Å²) < 4.78 is 1.72. The van der Waals surface area contributed by atoms with Crippen LogP contribution in [0.5, 0.6) is 0 Å². The first-order chi connectivity index (χ1) is 9.31. The number of carboxylic acids is 2. The van der Waals surface area contributed by atoms with Gasteiger partial charge in [0.1, 0.15) is 12.1 Å². The molecular formula is C13H21N3O4. The molecule has 0 saturated heterocycles. The lowest BCUT2D eigenvalue weighted by Gasteiger charge is -2.21. The van der Waals surface area contributed by atoms with Gasteiger partial charge in [0.15, 0.2) is 0 Å². The fourth-order valence-corrected chi connectivity index (χ4v) is 1.96. The Balaban J connectivity index is 2.78. The van der Waals surface area contributed by atoms with Crippen molar-refractivity contribution in [3.05, 3.63) is 18.2 Å². The molecule has 0 amide bonds. The van der Waals surface area contributed by atoms with Crippen molar-refractivity contribution in [1.29, 1.82) is 0 Å². The number of imidazole rings is 1. The van der Waals surface area contributed by atoms with E-state index in [1.165, 1.54) is 0 Å². The van der Waals surface area contributed by atoms with E-state index in [0.29, 0.717) is 6.42 Å². The van der Waals surface area contributed by atoms with E-state index in [1.54, 1.807) is 24.1 Å². The Bertz CT molecular complexity index is 470. The average molecular weight is 283 g/mol. The lowest BCUT2D eigenvalue weighted by molar-refractivity contribution is -0.142. The number of nitrogens with one attached hydrogen (secondary N) is 1. The van der Waals surface area contributed by atoms with Gasteiger partial charge in [0.25, 0.3) is 0 Å². The molecule has 0 bridgehead atoms. The van der Waals surface area contributed by atoms with Crippen molar-refractivity contribution in [1.82, 2.24) is 14.9 Å². The summed E-state index contributed by atoms with van der Waals surface area (Å²) in [6.45, 7) is 3.79. The molecule has 0 spiro atoms. The molecule has 0 radical (unpaired) electrons. The van der Waals surface area contributed by atoms with Gasteiger partial charge in [-0.15, -0.1) is 0 Å². The standard InChI is InChI=1S/C13H21N3O4/c1-8(2)4-10(12(17)18)15-11(13(19)20)5-9-6-14-7-16(9)3/h6-8,10-11,15H,4-5H2,1-3H3,(H,17,18)(H,19,20)/t10?,11-/m1/s1. The number of aromatic nitrogens is 2. The highest BCUT2D eigenvalue weighted by Gasteiger charge is 2.27. The van der Waals surface area contributed by atoms with E-state index in [-0.39, 0.29) is 12.3 Å². The molecule has 0 aliphatic heterocycles. The molecule has 1 heterocycles. The zero-order valence-corrected chi connectivity index (χ0v) is 11.9. The highest BCUT2D eigenvalue weighted by molar-refractivity contribution is 5.77. The van der Waals surface area contributed by atoms with E-state index in [0.717, 1.165) is 5.69 Å². The van der Waals surface area contributed by atoms with E-state index in [1.807, 2.05) is 13.8 Å². The minimum Gasteiger partial charge on any atom is -0.480 e. The first kappa shape index (κ1) is 16.2. The van der Waals surface area contributed by atoms with Gasteiger partial charge >= 0.3 is 11.9 Å². The largest absolute Gasteiger partial charge is 0.480 e. The SMILES string of the molecule is CC(C)CC(N[C@H](Cc1cncn1C)C(=O)O)C(=O)O. The van der Waals surface area contributed by atoms with E-state index in [9.17, 15) is 14.7 Å². The number of hydrogen-bond acceptors (Lipinski definition) is 4. The molecule has 7 nitrogen and oxygen atoms in total. The van der Waals surface area contributed by atoms with Gasteiger partial charge in [0.05, 0.1) is 6.33 Å². The predicted molar refractivity (Wildman–Crippen MR) is 72.4 cm³/mol. The molecule has 2 atom stereocenters. The third kappa shape index (κ3) is 4.65. The van der Waals surface area contributed by atoms with Crippen LogP contribution in [0.4, 0.5) is 0 Å². The maximum Gasteiger partial charge on any atom is 0.321 e. The van der Waals surface area contributed by atoms with Crippen LogP contribution in [0.1, 0.15) is 26.0 Å². The zero-order valence-electron chi connectivity index (χ0n) is 11.9. The summed E-state index contributed by atoms with van der Waals surface area (Å²) in [5.74, 6) is -1.94. The highest BCUT2D eigenvalue weighted by atomic mass is 16.4. The lowest BCUT2D eigenvalue weighted by Crippen LogP contribution is -2.49. The molecule has 1 unspecified atom stereocenters. The van der Waals surface area contributed by atoms with Crippen molar-refractivity contribution in [2.24, 2.45) is 13.0 Å². The summed E-state index contributed by atoms with van der Waals surface area (Å²) in [5.41, 5.74) is 0.735. The quantitative estimate of drug-likeness (QED) is 0.642. The number of aryl methyl sites for hydroxylation is 1. The van der Waals surface area contributed by atoms with Crippen molar-refractivity contribution in [2.75, 3.05) is 0 Å². The van der Waals surface area contributed by atoms with Crippen LogP contribution in [-0.2, 0) is 23.1 Å². The Morgan fingerprint density at radius 1 is 1.30 bits per heavy atom. The van der Waals surface area contributed by atoms with Crippen molar-refractivity contribution in [2.45, 2.75) is 38.8 Å². The van der Waals surface area contributed by atoms with E-state index in [2.05, 4.69) is 10.3 Å². The Morgan fingerprint density at radius 2 is 1.90 bits per heavy atom. The number of aliphatic carboxylic acids is 2. The minimum absolute atomic E-state index is 0.162. The van der Waals surface area contributed by atoms with Gasteiger partial charge in [0.2, 0.25) is 0 Å². The number of carbonyl (C=O) groups is 2. The van der Waals surface area contributed by atoms with Crippen molar-refractivity contribution in [3.63, 3.8) is 0 Å². The summed E-state index contributed by atoms with van der Waals surface area (Å²) in [5, 5.41) is 21.1. The normalized spacial score (nSPS) is 14.2. The number of hydrogen-bond donors (Lipinski definition) is 3. The second kappa shape index (κ2) is 7.04. The van der Waals surface area contributed by atoms with Crippen LogP contribution < -0.4 is 5.32 Å². The second-order valence-electron chi connectivity index (χ2n) is 5.28. The molecule has 1 aromatic rings. The average Bonchev–Trinajstić information content (AvgIpc) is 2.72. The third-order valence-corrected chi connectivity index (χ3v) is 3.04. The van der Waals surface area contributed by atoms with Crippen LogP contribution >= 0.6 is 0 Å². The van der Waals surface area contributed by atoms with Gasteiger partial charge in [-0.3, -0.25) is 14.9 Å². The number of rotatable bonds is 8. The first-order valence-electron chi connectivity index (χ1n) is 6.48. The number of carboxylic acid groups (broad SMARTS) is 2.